The second kappa shape index (κ2) is 24.4. The van der Waals surface area contributed by atoms with Gasteiger partial charge in [-0.2, -0.15) is 0 Å². The molecule has 16 nitrogen and oxygen atoms in total. The molecule has 7 aliphatic rings. The van der Waals surface area contributed by atoms with Crippen LogP contribution in [-0.2, 0) is 52.2 Å². The highest BCUT2D eigenvalue weighted by Crippen LogP contribution is 2.47. The number of allylic oxidation sites excluding steroid dienone is 2. The van der Waals surface area contributed by atoms with E-state index < -0.39 is 72.3 Å². The van der Waals surface area contributed by atoms with Crippen LogP contribution in [0.2, 0.25) is 0 Å². The Morgan fingerprint density at radius 1 is 0.903 bits per heavy atom. The van der Waals surface area contributed by atoms with Crippen LogP contribution in [-0.4, -0.2) is 152 Å². The first-order valence-corrected chi connectivity index (χ1v) is 26.0. The lowest BCUT2D eigenvalue weighted by molar-refractivity contribution is -0.312. The number of aromatic carboxylic acids is 1. The van der Waals surface area contributed by atoms with E-state index in [2.05, 4.69) is 52.1 Å². The third kappa shape index (κ3) is 12.4. The number of hydrogen-bond donors (Lipinski definition) is 4. The van der Waals surface area contributed by atoms with E-state index in [1.165, 1.54) is 0 Å². The van der Waals surface area contributed by atoms with E-state index in [1.54, 1.807) is 63.6 Å². The summed E-state index contributed by atoms with van der Waals surface area (Å²) in [5, 5.41) is 35.4. The van der Waals surface area contributed by atoms with Crippen LogP contribution in [0.25, 0.3) is 0 Å². The number of fused-ring (bicyclic) bond motifs is 2. The third-order valence-electron chi connectivity index (χ3n) is 15.9. The molecule has 16 heteroatoms. The molecule has 1 aromatic carbocycles. The molecule has 6 heterocycles. The summed E-state index contributed by atoms with van der Waals surface area (Å²) in [6.07, 6.45) is 10.7. The van der Waals surface area contributed by atoms with Crippen molar-refractivity contribution in [3.8, 4) is 0 Å². The van der Waals surface area contributed by atoms with Gasteiger partial charge in [-0.25, -0.2) is 4.79 Å². The Kier molecular flexibility index (Phi) is 19.0. The number of likely N-dealkylation sites (N-methyl/N-ethyl adjacent to an activating group) is 1. The summed E-state index contributed by atoms with van der Waals surface area (Å²) in [5.74, 6) is -3.39. The Labute approximate surface area is 426 Å². The van der Waals surface area contributed by atoms with Gasteiger partial charge in [0.25, 0.3) is 0 Å². The fraction of sp³-hybridized carbons (Fsp3) is 0.679. The van der Waals surface area contributed by atoms with Gasteiger partial charge in [-0.05, 0) is 82.0 Å². The van der Waals surface area contributed by atoms with Gasteiger partial charge in [-0.15, -0.1) is 0 Å². The van der Waals surface area contributed by atoms with Crippen molar-refractivity contribution in [3.63, 3.8) is 0 Å². The van der Waals surface area contributed by atoms with Gasteiger partial charge in [0.05, 0.1) is 60.9 Å². The summed E-state index contributed by atoms with van der Waals surface area (Å²) >= 11 is 0. The molecule has 18 unspecified atom stereocenters. The Hall–Kier alpha value is -3.62. The van der Waals surface area contributed by atoms with Crippen molar-refractivity contribution >= 4 is 11.9 Å². The maximum atomic E-state index is 14.4. The highest BCUT2D eigenvalue weighted by atomic mass is 16.7. The molecular weight excluding hydrogens is 927 g/mol. The quantitative estimate of drug-likeness (QED) is 0.138. The molecular formula is C56H81NO15. The van der Waals surface area contributed by atoms with Gasteiger partial charge < -0.3 is 68.0 Å². The number of methoxy groups -OCH3 is 2. The number of hydrogen-bond acceptors (Lipinski definition) is 15. The minimum atomic E-state index is -1.83. The molecule has 72 heavy (non-hydrogen) atoms. The number of ether oxygens (including phenoxy) is 10. The van der Waals surface area contributed by atoms with Gasteiger partial charge in [0, 0.05) is 51.7 Å². The zero-order valence-corrected chi connectivity index (χ0v) is 44.0. The summed E-state index contributed by atoms with van der Waals surface area (Å²) in [5.41, 5.74) is 0.511. The van der Waals surface area contributed by atoms with Gasteiger partial charge in [-0.3, -0.25) is 4.79 Å². The van der Waals surface area contributed by atoms with E-state index in [0.717, 1.165) is 12.0 Å². The Balaban J connectivity index is 0.000000761. The van der Waals surface area contributed by atoms with Gasteiger partial charge in [0.1, 0.15) is 35.9 Å². The number of carbonyl (C=O) groups is 2. The van der Waals surface area contributed by atoms with E-state index in [0.29, 0.717) is 48.8 Å². The minimum absolute atomic E-state index is 0.0411. The van der Waals surface area contributed by atoms with E-state index in [-0.39, 0.29) is 67.0 Å². The Morgan fingerprint density at radius 3 is 2.26 bits per heavy atom. The molecule has 1 aliphatic carbocycles. The lowest BCUT2D eigenvalue weighted by atomic mass is 9.71. The average molecular weight is 1010 g/mol. The first kappa shape index (κ1) is 56.1. The van der Waals surface area contributed by atoms with Gasteiger partial charge >= 0.3 is 11.9 Å². The number of aliphatic hydroxyl groups excluding tert-OH is 1. The fourth-order valence-corrected chi connectivity index (χ4v) is 11.6. The molecule has 0 amide bonds. The number of esters is 1. The number of nitrogens with one attached hydrogen (secondary N) is 1. The van der Waals surface area contributed by atoms with Gasteiger partial charge in [0.2, 0.25) is 0 Å². The number of benzene rings is 1. The smallest absolute Gasteiger partial charge is 0.335 e. The van der Waals surface area contributed by atoms with Crippen molar-refractivity contribution in [2.24, 2.45) is 23.7 Å². The van der Waals surface area contributed by atoms with Crippen molar-refractivity contribution in [2.75, 3.05) is 27.9 Å². The highest BCUT2D eigenvalue weighted by Gasteiger charge is 2.60. The second-order valence-electron chi connectivity index (χ2n) is 21.0. The predicted molar refractivity (Wildman–Crippen MR) is 268 cm³/mol. The molecule has 4 fully saturated rings. The molecule has 20 atom stereocenters. The normalized spacial score (nSPS) is 41.7. The molecule has 0 aromatic heterocycles. The lowest BCUT2D eigenvalue weighted by Gasteiger charge is -2.48. The first-order chi connectivity index (χ1) is 34.3. The van der Waals surface area contributed by atoms with Gasteiger partial charge in [0.15, 0.2) is 18.4 Å². The molecule has 400 valence electrons. The largest absolute Gasteiger partial charge is 0.478 e. The molecule has 8 rings (SSSR count). The summed E-state index contributed by atoms with van der Waals surface area (Å²) in [6.45, 7) is 16.4. The molecule has 6 aliphatic heterocycles. The van der Waals surface area contributed by atoms with Crippen LogP contribution in [0.4, 0.5) is 0 Å². The van der Waals surface area contributed by atoms with Crippen LogP contribution in [0.1, 0.15) is 104 Å². The maximum Gasteiger partial charge on any atom is 0.335 e. The summed E-state index contributed by atoms with van der Waals surface area (Å²) in [4.78, 5) is 24.6. The van der Waals surface area contributed by atoms with Crippen molar-refractivity contribution in [1.82, 2.24) is 5.32 Å². The summed E-state index contributed by atoms with van der Waals surface area (Å²) in [7, 11) is 5.30. The SMILES string of the molecule is CCC(C)C1O[C@]2(C=CC1C)CC1CC(CC=C(C)C(OC3CC(OC)C(OC4CC(OC)C(NC)C(C)O4)C(C)O3)C(C)C=CC=C3COC4C(O)C(C)=CC(C(=O)O1)[C@]34O)O2.O=C(O)c1ccccc1. The number of carboxylic acid groups (broad SMARTS) is 1. The highest BCUT2D eigenvalue weighted by molar-refractivity contribution is 5.87. The molecule has 1 spiro atoms. The summed E-state index contributed by atoms with van der Waals surface area (Å²) < 4.78 is 64.6. The zero-order chi connectivity index (χ0) is 52.1. The van der Waals surface area contributed by atoms with Crippen molar-refractivity contribution < 1.29 is 72.3 Å². The lowest BCUT2D eigenvalue weighted by Crippen LogP contribution is -2.58. The first-order valence-electron chi connectivity index (χ1n) is 26.0. The molecule has 0 saturated carbocycles. The fourth-order valence-electron chi connectivity index (χ4n) is 11.6. The van der Waals surface area contributed by atoms with Crippen LogP contribution < -0.4 is 5.32 Å². The number of carboxylic acids is 1. The molecule has 0 radical (unpaired) electrons. The van der Waals surface area contributed by atoms with Crippen LogP contribution >= 0.6 is 0 Å². The molecule has 4 saturated heterocycles. The van der Waals surface area contributed by atoms with E-state index in [1.807, 2.05) is 39.1 Å². The predicted octanol–water partition coefficient (Wildman–Crippen LogP) is 6.99. The van der Waals surface area contributed by atoms with Crippen LogP contribution in [0, 0.1) is 23.7 Å². The van der Waals surface area contributed by atoms with Crippen LogP contribution in [0.5, 0.6) is 0 Å². The molecule has 1 aromatic rings. The number of aliphatic hydroxyl groups is 2. The van der Waals surface area contributed by atoms with Crippen molar-refractivity contribution in [3.05, 3.63) is 95.1 Å². The number of carbonyl (C=O) groups excluding carboxylic acids is 1. The molecule has 4 N–H and O–H groups in total. The standard InChI is InChI=1S/C49H75NO13.C7H6O2/c1-12-26(2)44-29(5)18-19-48(63-44)24-35-21-34(62-48)17-16-28(4)43(27(3)14-13-15-33-25-56-46-42(51)30(6)20-36(47(52)59-35)49(33,46)53)60-40-23-38(55-11)45(32(8)58-40)61-39-22-37(54-10)41(50-9)31(7)57-39;8-7(9)6-4-2-1-3-5-6/h13-16,18-20,26-27,29,31-32,34-46,50-51,53H,12,17,21-25H2,1-11H3;1-5H,(H,8,9)/t26?,27?,29?,31?,32?,34?,35?,36?,37?,38?,39?,40?,41?,42?,43?,44?,45?,46?,48-,49-;/m1./s1. The Bertz CT molecular complexity index is 2140. The van der Waals surface area contributed by atoms with Crippen molar-refractivity contribution in [2.45, 2.75) is 191 Å². The minimum Gasteiger partial charge on any atom is -0.478 e. The molecule has 2 bridgehead atoms. The van der Waals surface area contributed by atoms with E-state index >= 15 is 0 Å². The third-order valence-corrected chi connectivity index (χ3v) is 15.9. The topological polar surface area (TPSA) is 199 Å². The van der Waals surface area contributed by atoms with Gasteiger partial charge in [-0.1, -0.05) is 88.8 Å². The van der Waals surface area contributed by atoms with Crippen LogP contribution in [0.15, 0.2) is 89.6 Å². The zero-order valence-electron chi connectivity index (χ0n) is 44.0. The summed E-state index contributed by atoms with van der Waals surface area (Å²) in [6, 6.07) is 8.34. The number of rotatable bonds is 10. The van der Waals surface area contributed by atoms with E-state index in [9.17, 15) is 19.8 Å². The van der Waals surface area contributed by atoms with E-state index in [4.69, 9.17) is 52.5 Å². The monoisotopic (exact) mass is 1010 g/mol. The van der Waals surface area contributed by atoms with Crippen LogP contribution in [0.3, 0.4) is 0 Å². The maximum absolute atomic E-state index is 14.4. The average Bonchev–Trinajstić information content (AvgIpc) is 3.70. The Morgan fingerprint density at radius 2 is 1.60 bits per heavy atom. The van der Waals surface area contributed by atoms with Crippen molar-refractivity contribution in [1.29, 1.82) is 0 Å². The second-order valence-corrected chi connectivity index (χ2v) is 21.0.